The molecule has 0 atom stereocenters. The molecule has 3 heterocycles. The average molecular weight is 314 g/mol. The lowest BCUT2D eigenvalue weighted by Crippen LogP contribution is -2.51. The molecule has 6 nitrogen and oxygen atoms in total. The largest absolute Gasteiger partial charge is 0.354 e. The Hall–Kier alpha value is -1.95. The van der Waals surface area contributed by atoms with Gasteiger partial charge in [0.15, 0.2) is 5.82 Å². The van der Waals surface area contributed by atoms with Gasteiger partial charge >= 0.3 is 0 Å². The molecule has 1 N–H and O–H groups in total. The van der Waals surface area contributed by atoms with E-state index in [4.69, 9.17) is 0 Å². The first-order valence-corrected chi connectivity index (χ1v) is 8.18. The molecule has 0 unspecified atom stereocenters. The van der Waals surface area contributed by atoms with Gasteiger partial charge in [0.05, 0.1) is 17.7 Å². The molecule has 6 heteroatoms. The van der Waals surface area contributed by atoms with E-state index in [1.165, 1.54) is 5.69 Å². The molecule has 0 spiro atoms. The minimum absolute atomic E-state index is 0.0543. The number of imidazole rings is 1. The first kappa shape index (κ1) is 15.9. The van der Waals surface area contributed by atoms with E-state index in [9.17, 15) is 0 Å². The number of nitrogens with zero attached hydrogens (tertiary/aromatic N) is 5. The van der Waals surface area contributed by atoms with Crippen LogP contribution in [-0.4, -0.2) is 39.4 Å². The van der Waals surface area contributed by atoms with Gasteiger partial charge in [-0.15, -0.1) is 5.10 Å². The maximum absolute atomic E-state index is 4.38. The zero-order valence-corrected chi connectivity index (χ0v) is 14.5. The number of aromatic nitrogens is 4. The van der Waals surface area contributed by atoms with E-state index in [2.05, 4.69) is 58.3 Å². The molecule has 0 bridgehead atoms. The Balaban J connectivity index is 1.43. The lowest BCUT2D eigenvalue weighted by molar-refractivity contribution is 0.379. The van der Waals surface area contributed by atoms with Gasteiger partial charge in [-0.1, -0.05) is 20.8 Å². The van der Waals surface area contributed by atoms with Crippen LogP contribution >= 0.6 is 0 Å². The molecule has 124 valence electrons. The van der Waals surface area contributed by atoms with E-state index in [0.717, 1.165) is 37.7 Å². The van der Waals surface area contributed by atoms with E-state index in [1.807, 2.05) is 24.1 Å². The fraction of sp³-hybridized carbons (Fsp3) is 0.588. The third kappa shape index (κ3) is 3.69. The van der Waals surface area contributed by atoms with Crippen molar-refractivity contribution in [2.75, 3.05) is 24.5 Å². The lowest BCUT2D eigenvalue weighted by atomic mass is 9.92. The van der Waals surface area contributed by atoms with Crippen LogP contribution in [0.1, 0.15) is 32.2 Å². The second-order valence-corrected chi connectivity index (χ2v) is 7.42. The topological polar surface area (TPSA) is 58.9 Å². The maximum Gasteiger partial charge on any atom is 0.151 e. The first-order valence-electron chi connectivity index (χ1n) is 8.18. The van der Waals surface area contributed by atoms with E-state index < -0.39 is 0 Å². The van der Waals surface area contributed by atoms with Crippen molar-refractivity contribution in [2.45, 2.75) is 32.7 Å². The summed E-state index contributed by atoms with van der Waals surface area (Å²) in [6, 6.07) is 4.18. The van der Waals surface area contributed by atoms with Gasteiger partial charge < -0.3 is 14.8 Å². The third-order valence-corrected chi connectivity index (χ3v) is 4.36. The molecule has 0 aromatic carbocycles. The highest BCUT2D eigenvalue weighted by atomic mass is 15.3. The summed E-state index contributed by atoms with van der Waals surface area (Å²) in [5.41, 5.74) is 2.31. The van der Waals surface area contributed by atoms with Crippen molar-refractivity contribution in [3.63, 3.8) is 0 Å². The summed E-state index contributed by atoms with van der Waals surface area (Å²) in [7, 11) is 2.02. The van der Waals surface area contributed by atoms with E-state index in [-0.39, 0.29) is 5.41 Å². The van der Waals surface area contributed by atoms with Crippen LogP contribution in [0.3, 0.4) is 0 Å². The van der Waals surface area contributed by atoms with Crippen molar-refractivity contribution in [3.8, 4) is 0 Å². The minimum Gasteiger partial charge on any atom is -0.354 e. The summed E-state index contributed by atoms with van der Waals surface area (Å²) in [6.07, 6.45) is 3.74. The van der Waals surface area contributed by atoms with Crippen molar-refractivity contribution in [1.29, 1.82) is 0 Å². The Bertz CT molecular complexity index is 634. The normalized spacial score (nSPS) is 15.7. The molecule has 1 fully saturated rings. The molecule has 23 heavy (non-hydrogen) atoms. The first-order chi connectivity index (χ1) is 10.9. The van der Waals surface area contributed by atoms with Crippen LogP contribution < -0.4 is 10.2 Å². The second kappa shape index (κ2) is 6.28. The van der Waals surface area contributed by atoms with Gasteiger partial charge in [-0.2, -0.15) is 5.10 Å². The Kier molecular flexibility index (Phi) is 4.35. The molecule has 2 aromatic rings. The summed E-state index contributed by atoms with van der Waals surface area (Å²) in [5, 5.41) is 12.3. The standard InChI is InChI=1S/C17H26N6/c1-17(2,3)15-5-6-16(21-20-15)23-10-13(11-23)7-18-8-14-9-19-12-22(14)4/h5-6,9,12-13,18H,7-8,10-11H2,1-4H3. The Morgan fingerprint density at radius 1 is 1.22 bits per heavy atom. The van der Waals surface area contributed by atoms with E-state index >= 15 is 0 Å². The number of rotatable bonds is 5. The van der Waals surface area contributed by atoms with Gasteiger partial charge in [0.1, 0.15) is 0 Å². The fourth-order valence-electron chi connectivity index (χ4n) is 2.74. The van der Waals surface area contributed by atoms with Crippen LogP contribution in [0.5, 0.6) is 0 Å². The molecule has 0 radical (unpaired) electrons. The maximum atomic E-state index is 4.38. The predicted octanol–water partition coefficient (Wildman–Crippen LogP) is 1.73. The molecule has 1 saturated heterocycles. The molecular formula is C17H26N6. The van der Waals surface area contributed by atoms with Crippen molar-refractivity contribution >= 4 is 5.82 Å². The average Bonchev–Trinajstić information content (AvgIpc) is 2.86. The SMILES string of the molecule is Cn1cncc1CNCC1CN(c2ccc(C(C)(C)C)nn2)C1. The number of nitrogens with one attached hydrogen (secondary N) is 1. The second-order valence-electron chi connectivity index (χ2n) is 7.42. The monoisotopic (exact) mass is 314 g/mol. The highest BCUT2D eigenvalue weighted by Crippen LogP contribution is 2.24. The lowest BCUT2D eigenvalue weighted by Gasteiger charge is -2.40. The summed E-state index contributed by atoms with van der Waals surface area (Å²) < 4.78 is 2.05. The molecule has 1 aliphatic rings. The minimum atomic E-state index is 0.0543. The quantitative estimate of drug-likeness (QED) is 0.911. The van der Waals surface area contributed by atoms with Crippen molar-refractivity contribution < 1.29 is 0 Å². The van der Waals surface area contributed by atoms with Crippen LogP contribution in [-0.2, 0) is 19.0 Å². The predicted molar refractivity (Wildman–Crippen MR) is 91.3 cm³/mol. The number of aryl methyl sites for hydroxylation is 1. The van der Waals surface area contributed by atoms with Crippen molar-refractivity contribution in [3.05, 3.63) is 36.0 Å². The van der Waals surface area contributed by atoms with Gasteiger partial charge in [0.25, 0.3) is 0 Å². The number of hydrogen-bond acceptors (Lipinski definition) is 5. The Labute approximate surface area is 137 Å². The van der Waals surface area contributed by atoms with Crippen LogP contribution in [0, 0.1) is 5.92 Å². The summed E-state index contributed by atoms with van der Waals surface area (Å²) in [4.78, 5) is 6.42. The van der Waals surface area contributed by atoms with E-state index in [0.29, 0.717) is 5.92 Å². The molecule has 0 aliphatic carbocycles. The Morgan fingerprint density at radius 3 is 2.57 bits per heavy atom. The third-order valence-electron chi connectivity index (χ3n) is 4.36. The highest BCUT2D eigenvalue weighted by Gasteiger charge is 2.28. The van der Waals surface area contributed by atoms with E-state index in [1.54, 1.807) is 0 Å². The van der Waals surface area contributed by atoms with Crippen LogP contribution in [0.4, 0.5) is 5.82 Å². The molecule has 2 aromatic heterocycles. The number of hydrogen-bond donors (Lipinski definition) is 1. The summed E-state index contributed by atoms with van der Waals surface area (Å²) >= 11 is 0. The highest BCUT2D eigenvalue weighted by molar-refractivity contribution is 5.41. The number of anilines is 1. The van der Waals surface area contributed by atoms with Gasteiger partial charge in [-0.05, 0) is 12.1 Å². The molecule has 1 aliphatic heterocycles. The fourth-order valence-corrected chi connectivity index (χ4v) is 2.74. The van der Waals surface area contributed by atoms with Gasteiger partial charge in [-0.25, -0.2) is 4.98 Å². The zero-order chi connectivity index (χ0) is 16.4. The van der Waals surface area contributed by atoms with Crippen LogP contribution in [0.25, 0.3) is 0 Å². The van der Waals surface area contributed by atoms with Crippen LogP contribution in [0.2, 0.25) is 0 Å². The van der Waals surface area contributed by atoms with Crippen molar-refractivity contribution in [1.82, 2.24) is 25.1 Å². The summed E-state index contributed by atoms with van der Waals surface area (Å²) in [5.74, 6) is 1.66. The Morgan fingerprint density at radius 2 is 2.00 bits per heavy atom. The molecule has 3 rings (SSSR count). The van der Waals surface area contributed by atoms with Gasteiger partial charge in [0.2, 0.25) is 0 Å². The van der Waals surface area contributed by atoms with Crippen molar-refractivity contribution in [2.24, 2.45) is 13.0 Å². The van der Waals surface area contributed by atoms with Gasteiger partial charge in [-0.3, -0.25) is 0 Å². The zero-order valence-electron chi connectivity index (χ0n) is 14.5. The molecular weight excluding hydrogens is 288 g/mol. The van der Waals surface area contributed by atoms with Crippen LogP contribution in [0.15, 0.2) is 24.7 Å². The summed E-state index contributed by atoms with van der Waals surface area (Å²) in [6.45, 7) is 10.4. The smallest absolute Gasteiger partial charge is 0.151 e. The van der Waals surface area contributed by atoms with Gasteiger partial charge in [0, 0.05) is 50.8 Å². The molecule has 0 amide bonds. The molecule has 0 saturated carbocycles.